The van der Waals surface area contributed by atoms with Crippen LogP contribution in [0.15, 0.2) is 42.6 Å². The summed E-state index contributed by atoms with van der Waals surface area (Å²) in [7, 11) is 0. The maximum atomic E-state index is 10.7. The highest BCUT2D eigenvalue weighted by atomic mass is 16.4. The molecule has 0 aliphatic carbocycles. The van der Waals surface area contributed by atoms with Crippen LogP contribution in [-0.4, -0.2) is 16.1 Å². The molecule has 17 heavy (non-hydrogen) atoms. The van der Waals surface area contributed by atoms with E-state index >= 15 is 0 Å². The molecule has 0 bridgehead atoms. The number of carboxylic acids is 1. The fourth-order valence-electron chi connectivity index (χ4n) is 1.57. The smallest absolute Gasteiger partial charge is 0.337 e. The van der Waals surface area contributed by atoms with Crippen molar-refractivity contribution in [3.8, 4) is 0 Å². The number of carbonyl (C=O) groups is 1. The molecule has 1 N–H and O–H groups in total. The Morgan fingerprint density at radius 3 is 2.41 bits per heavy atom. The van der Waals surface area contributed by atoms with Gasteiger partial charge in [0.15, 0.2) is 0 Å². The molecule has 1 aromatic carbocycles. The number of hydrogen-bond acceptors (Lipinski definition) is 2. The summed E-state index contributed by atoms with van der Waals surface area (Å²) < 4.78 is 0. The summed E-state index contributed by atoms with van der Waals surface area (Å²) in [5, 5.41) is 8.76. The molecule has 0 saturated carbocycles. The number of aromatic carboxylic acids is 1. The monoisotopic (exact) mass is 227 g/mol. The third kappa shape index (κ3) is 2.91. The van der Waals surface area contributed by atoms with Crippen molar-refractivity contribution in [2.75, 3.05) is 0 Å². The molecular formula is C14H13NO2. The Morgan fingerprint density at radius 2 is 1.88 bits per heavy atom. The quantitative estimate of drug-likeness (QED) is 0.877. The maximum Gasteiger partial charge on any atom is 0.337 e. The lowest BCUT2D eigenvalue weighted by atomic mass is 10.1. The van der Waals surface area contributed by atoms with Gasteiger partial charge in [-0.25, -0.2) is 4.79 Å². The van der Waals surface area contributed by atoms with Crippen molar-refractivity contribution >= 4 is 5.97 Å². The highest BCUT2D eigenvalue weighted by Gasteiger charge is 2.03. The molecule has 0 aliphatic rings. The fourth-order valence-corrected chi connectivity index (χ4v) is 1.57. The van der Waals surface area contributed by atoms with Gasteiger partial charge in [-0.3, -0.25) is 4.98 Å². The summed E-state index contributed by atoms with van der Waals surface area (Å²) in [6.07, 6.45) is 2.12. The average molecular weight is 227 g/mol. The lowest BCUT2D eigenvalue weighted by Crippen LogP contribution is -1.99. The predicted molar refractivity (Wildman–Crippen MR) is 65.2 cm³/mol. The summed E-state index contributed by atoms with van der Waals surface area (Å²) in [6, 6.07) is 11.6. The van der Waals surface area contributed by atoms with Gasteiger partial charge in [-0.05, 0) is 24.6 Å². The normalized spacial score (nSPS) is 10.2. The molecule has 2 rings (SSSR count). The Morgan fingerprint density at radius 1 is 1.18 bits per heavy atom. The first-order chi connectivity index (χ1) is 8.15. The van der Waals surface area contributed by atoms with Crippen molar-refractivity contribution in [2.45, 2.75) is 13.3 Å². The standard InChI is InChI=1S/C14H13NO2/c1-10-2-4-11(5-3-10)8-13-7-6-12(9-15-13)14(16)17/h2-7,9H,8H2,1H3,(H,16,17). The minimum atomic E-state index is -0.945. The molecule has 3 heteroatoms. The summed E-state index contributed by atoms with van der Waals surface area (Å²) in [4.78, 5) is 14.8. The van der Waals surface area contributed by atoms with Gasteiger partial charge in [0.2, 0.25) is 0 Å². The summed E-state index contributed by atoms with van der Waals surface area (Å²) >= 11 is 0. The summed E-state index contributed by atoms with van der Waals surface area (Å²) in [6.45, 7) is 2.05. The van der Waals surface area contributed by atoms with Crippen LogP contribution in [-0.2, 0) is 6.42 Å². The Balaban J connectivity index is 2.13. The van der Waals surface area contributed by atoms with Gasteiger partial charge in [0.1, 0.15) is 0 Å². The third-order valence-electron chi connectivity index (χ3n) is 2.58. The topological polar surface area (TPSA) is 50.2 Å². The second-order valence-electron chi connectivity index (χ2n) is 4.01. The zero-order valence-electron chi connectivity index (χ0n) is 9.55. The average Bonchev–Trinajstić information content (AvgIpc) is 2.33. The molecule has 0 saturated heterocycles. The van der Waals surface area contributed by atoms with Crippen LogP contribution in [0.4, 0.5) is 0 Å². The van der Waals surface area contributed by atoms with Crippen molar-refractivity contribution in [3.63, 3.8) is 0 Å². The second-order valence-corrected chi connectivity index (χ2v) is 4.01. The van der Waals surface area contributed by atoms with E-state index in [9.17, 15) is 4.79 Å². The van der Waals surface area contributed by atoms with Gasteiger partial charge < -0.3 is 5.11 Å². The lowest BCUT2D eigenvalue weighted by molar-refractivity contribution is 0.0696. The van der Waals surface area contributed by atoms with E-state index in [-0.39, 0.29) is 5.56 Å². The number of rotatable bonds is 3. The number of aryl methyl sites for hydroxylation is 1. The molecular weight excluding hydrogens is 214 g/mol. The SMILES string of the molecule is Cc1ccc(Cc2ccc(C(=O)O)cn2)cc1. The van der Waals surface area contributed by atoms with Crippen LogP contribution in [0.3, 0.4) is 0 Å². The fraction of sp³-hybridized carbons (Fsp3) is 0.143. The number of benzene rings is 1. The number of aromatic nitrogens is 1. The molecule has 0 spiro atoms. The molecule has 1 heterocycles. The number of carboxylic acid groups (broad SMARTS) is 1. The molecule has 2 aromatic rings. The van der Waals surface area contributed by atoms with E-state index in [2.05, 4.69) is 29.2 Å². The predicted octanol–water partition coefficient (Wildman–Crippen LogP) is 2.68. The largest absolute Gasteiger partial charge is 0.478 e. The molecule has 3 nitrogen and oxygen atoms in total. The Bertz CT molecular complexity index is 515. The van der Waals surface area contributed by atoms with Gasteiger partial charge in [0.05, 0.1) is 5.56 Å². The van der Waals surface area contributed by atoms with Crippen LogP contribution >= 0.6 is 0 Å². The third-order valence-corrected chi connectivity index (χ3v) is 2.58. The molecule has 0 atom stereocenters. The Labute approximate surface area is 99.8 Å². The number of nitrogens with zero attached hydrogens (tertiary/aromatic N) is 1. The number of hydrogen-bond donors (Lipinski definition) is 1. The minimum Gasteiger partial charge on any atom is -0.478 e. The van der Waals surface area contributed by atoms with Gasteiger partial charge in [0, 0.05) is 18.3 Å². The molecule has 0 aliphatic heterocycles. The van der Waals surface area contributed by atoms with Crippen molar-refractivity contribution in [3.05, 3.63) is 65.0 Å². The van der Waals surface area contributed by atoms with Crippen LogP contribution in [0.1, 0.15) is 27.2 Å². The first-order valence-electron chi connectivity index (χ1n) is 5.39. The summed E-state index contributed by atoms with van der Waals surface area (Å²) in [5.74, 6) is -0.945. The Hall–Kier alpha value is -2.16. The van der Waals surface area contributed by atoms with E-state index in [0.717, 1.165) is 12.1 Å². The van der Waals surface area contributed by atoms with Crippen LogP contribution < -0.4 is 0 Å². The van der Waals surface area contributed by atoms with Crippen molar-refractivity contribution in [1.29, 1.82) is 0 Å². The second kappa shape index (κ2) is 4.78. The molecule has 1 aromatic heterocycles. The highest BCUT2D eigenvalue weighted by molar-refractivity contribution is 5.87. The molecule has 0 fully saturated rings. The van der Waals surface area contributed by atoms with E-state index in [4.69, 9.17) is 5.11 Å². The van der Waals surface area contributed by atoms with E-state index in [1.807, 2.05) is 6.92 Å². The molecule has 0 unspecified atom stereocenters. The van der Waals surface area contributed by atoms with E-state index in [1.54, 1.807) is 12.1 Å². The zero-order chi connectivity index (χ0) is 12.3. The number of pyridine rings is 1. The summed E-state index contributed by atoms with van der Waals surface area (Å²) in [5.41, 5.74) is 3.49. The van der Waals surface area contributed by atoms with Gasteiger partial charge >= 0.3 is 5.97 Å². The van der Waals surface area contributed by atoms with Crippen LogP contribution in [0, 0.1) is 6.92 Å². The lowest BCUT2D eigenvalue weighted by Gasteiger charge is -2.02. The van der Waals surface area contributed by atoms with Gasteiger partial charge in [-0.15, -0.1) is 0 Å². The van der Waals surface area contributed by atoms with Gasteiger partial charge in [-0.1, -0.05) is 29.8 Å². The van der Waals surface area contributed by atoms with Gasteiger partial charge in [0.25, 0.3) is 0 Å². The molecule has 0 amide bonds. The van der Waals surface area contributed by atoms with Gasteiger partial charge in [-0.2, -0.15) is 0 Å². The van der Waals surface area contributed by atoms with Crippen molar-refractivity contribution < 1.29 is 9.90 Å². The molecule has 0 radical (unpaired) electrons. The first-order valence-corrected chi connectivity index (χ1v) is 5.39. The highest BCUT2D eigenvalue weighted by Crippen LogP contribution is 2.09. The van der Waals surface area contributed by atoms with E-state index in [1.165, 1.54) is 17.3 Å². The molecule has 86 valence electrons. The van der Waals surface area contributed by atoms with Crippen LogP contribution in [0.5, 0.6) is 0 Å². The van der Waals surface area contributed by atoms with Crippen LogP contribution in [0.25, 0.3) is 0 Å². The zero-order valence-corrected chi connectivity index (χ0v) is 9.55. The first kappa shape index (κ1) is 11.3. The van der Waals surface area contributed by atoms with E-state index in [0.29, 0.717) is 0 Å². The van der Waals surface area contributed by atoms with Crippen molar-refractivity contribution in [2.24, 2.45) is 0 Å². The minimum absolute atomic E-state index is 0.220. The Kier molecular flexibility index (Phi) is 3.19. The van der Waals surface area contributed by atoms with Crippen molar-refractivity contribution in [1.82, 2.24) is 4.98 Å². The van der Waals surface area contributed by atoms with Crippen LogP contribution in [0.2, 0.25) is 0 Å². The van der Waals surface area contributed by atoms with E-state index < -0.39 is 5.97 Å². The maximum absolute atomic E-state index is 10.7.